The van der Waals surface area contributed by atoms with Crippen LogP contribution in [0.25, 0.3) is 0 Å². The highest BCUT2D eigenvalue weighted by molar-refractivity contribution is 7.92. The van der Waals surface area contributed by atoms with E-state index in [-0.39, 0.29) is 17.2 Å². The second-order valence-corrected chi connectivity index (χ2v) is 11.7. The molecule has 222 valence electrons. The minimum atomic E-state index is -4.10. The SMILES string of the molecule is Cc1ccc(S(=O)(=O)N(CC(=O)N/N=C\c2ccc(OCC(=O)Nc3ccc(F)cc3)cc2)c2ccc(C)c(Cl)c2)cc1. The zero-order chi connectivity index (χ0) is 31.0. The second kappa shape index (κ2) is 14.0. The van der Waals surface area contributed by atoms with Gasteiger partial charge in [-0.2, -0.15) is 5.10 Å². The van der Waals surface area contributed by atoms with Crippen molar-refractivity contribution in [3.63, 3.8) is 0 Å². The standard InChI is InChI=1S/C31H28ClFN4O5S/c1-21-3-15-28(16-4-21)43(40,41)37(26-12-5-22(2)29(32)17-26)19-30(38)36-34-18-23-6-13-27(14-7-23)42-20-31(39)35-25-10-8-24(33)9-11-25/h3-18H,19-20H2,1-2H3,(H,35,39)(H,36,38)/b34-18-. The van der Waals surface area contributed by atoms with Crippen LogP contribution in [0.4, 0.5) is 15.8 Å². The van der Waals surface area contributed by atoms with E-state index in [1.165, 1.54) is 48.7 Å². The molecule has 0 radical (unpaired) electrons. The number of amides is 2. The van der Waals surface area contributed by atoms with Crippen molar-refractivity contribution in [2.45, 2.75) is 18.7 Å². The van der Waals surface area contributed by atoms with Crippen molar-refractivity contribution >= 4 is 51.0 Å². The quantitative estimate of drug-likeness (QED) is 0.170. The fraction of sp³-hybridized carbons (Fsp3) is 0.129. The molecule has 0 aliphatic heterocycles. The summed E-state index contributed by atoms with van der Waals surface area (Å²) in [5.74, 6) is -1.07. The number of hydrogen-bond donors (Lipinski definition) is 2. The Hall–Kier alpha value is -4.74. The lowest BCUT2D eigenvalue weighted by atomic mass is 10.2. The maximum absolute atomic E-state index is 13.5. The summed E-state index contributed by atoms with van der Waals surface area (Å²) in [4.78, 5) is 24.9. The summed E-state index contributed by atoms with van der Waals surface area (Å²) < 4.78 is 46.5. The predicted octanol–water partition coefficient (Wildman–Crippen LogP) is 5.46. The number of anilines is 2. The zero-order valence-electron chi connectivity index (χ0n) is 23.3. The molecule has 0 bridgehead atoms. The van der Waals surface area contributed by atoms with Gasteiger partial charge >= 0.3 is 0 Å². The average Bonchev–Trinajstić information content (AvgIpc) is 2.98. The predicted molar refractivity (Wildman–Crippen MR) is 165 cm³/mol. The minimum absolute atomic E-state index is 0.0290. The maximum Gasteiger partial charge on any atom is 0.264 e. The Labute approximate surface area is 254 Å². The molecule has 12 heteroatoms. The van der Waals surface area contributed by atoms with Gasteiger partial charge in [-0.15, -0.1) is 0 Å². The molecule has 43 heavy (non-hydrogen) atoms. The van der Waals surface area contributed by atoms with Gasteiger partial charge in [0.25, 0.3) is 21.8 Å². The van der Waals surface area contributed by atoms with E-state index in [0.29, 0.717) is 22.0 Å². The number of nitrogens with zero attached hydrogens (tertiary/aromatic N) is 2. The summed E-state index contributed by atoms with van der Waals surface area (Å²) in [7, 11) is -4.10. The van der Waals surface area contributed by atoms with E-state index in [4.69, 9.17) is 16.3 Å². The number of hydrogen-bond acceptors (Lipinski definition) is 6. The van der Waals surface area contributed by atoms with Crippen LogP contribution in [0.1, 0.15) is 16.7 Å². The van der Waals surface area contributed by atoms with E-state index in [0.717, 1.165) is 15.4 Å². The lowest BCUT2D eigenvalue weighted by molar-refractivity contribution is -0.119. The van der Waals surface area contributed by atoms with Crippen molar-refractivity contribution in [3.8, 4) is 5.75 Å². The van der Waals surface area contributed by atoms with Gasteiger partial charge in [-0.3, -0.25) is 13.9 Å². The van der Waals surface area contributed by atoms with Gasteiger partial charge in [-0.05, 0) is 97.8 Å². The van der Waals surface area contributed by atoms with Crippen LogP contribution in [-0.2, 0) is 19.6 Å². The highest BCUT2D eigenvalue weighted by Crippen LogP contribution is 2.28. The van der Waals surface area contributed by atoms with Crippen LogP contribution in [-0.4, -0.2) is 39.6 Å². The monoisotopic (exact) mass is 622 g/mol. The number of nitrogens with one attached hydrogen (secondary N) is 2. The summed E-state index contributed by atoms with van der Waals surface area (Å²) in [5, 5.41) is 6.90. The average molecular weight is 623 g/mol. The van der Waals surface area contributed by atoms with Crippen LogP contribution in [0.15, 0.2) is 101 Å². The number of carbonyl (C=O) groups is 2. The number of benzene rings is 4. The van der Waals surface area contributed by atoms with Gasteiger partial charge in [0, 0.05) is 10.7 Å². The van der Waals surface area contributed by atoms with Crippen LogP contribution in [0, 0.1) is 19.7 Å². The van der Waals surface area contributed by atoms with Gasteiger partial charge in [0.1, 0.15) is 18.1 Å². The smallest absolute Gasteiger partial charge is 0.264 e. The molecular weight excluding hydrogens is 595 g/mol. The van der Waals surface area contributed by atoms with Gasteiger partial charge in [0.2, 0.25) is 0 Å². The molecule has 0 unspecified atom stereocenters. The zero-order valence-corrected chi connectivity index (χ0v) is 24.8. The Morgan fingerprint density at radius 1 is 0.930 bits per heavy atom. The summed E-state index contributed by atoms with van der Waals surface area (Å²) in [6.45, 7) is 2.84. The fourth-order valence-corrected chi connectivity index (χ4v) is 5.35. The van der Waals surface area contributed by atoms with Gasteiger partial charge in [0.15, 0.2) is 6.61 Å². The van der Waals surface area contributed by atoms with E-state index in [1.807, 2.05) is 6.92 Å². The van der Waals surface area contributed by atoms with E-state index < -0.39 is 34.2 Å². The van der Waals surface area contributed by atoms with Crippen molar-refractivity contribution in [1.29, 1.82) is 0 Å². The van der Waals surface area contributed by atoms with Crippen molar-refractivity contribution in [1.82, 2.24) is 5.43 Å². The molecule has 4 aromatic rings. The van der Waals surface area contributed by atoms with Crippen LogP contribution in [0.2, 0.25) is 5.02 Å². The Bertz CT molecular complexity index is 1730. The minimum Gasteiger partial charge on any atom is -0.484 e. The van der Waals surface area contributed by atoms with E-state index in [2.05, 4.69) is 15.8 Å². The number of carbonyl (C=O) groups excluding carboxylic acids is 2. The van der Waals surface area contributed by atoms with Crippen molar-refractivity contribution < 1.29 is 27.1 Å². The first-order valence-electron chi connectivity index (χ1n) is 13.0. The van der Waals surface area contributed by atoms with Gasteiger partial charge in [-0.1, -0.05) is 35.4 Å². The molecule has 0 atom stereocenters. The highest BCUT2D eigenvalue weighted by atomic mass is 35.5. The molecule has 0 saturated carbocycles. The number of ether oxygens (including phenoxy) is 1. The molecule has 9 nitrogen and oxygen atoms in total. The molecular formula is C31H28ClFN4O5S. The molecule has 0 aliphatic carbocycles. The number of rotatable bonds is 11. The van der Waals surface area contributed by atoms with Crippen LogP contribution in [0.3, 0.4) is 0 Å². The number of hydrazone groups is 1. The Balaban J connectivity index is 1.36. The third-order valence-electron chi connectivity index (χ3n) is 6.12. The lowest BCUT2D eigenvalue weighted by Gasteiger charge is -2.24. The van der Waals surface area contributed by atoms with Crippen LogP contribution >= 0.6 is 11.6 Å². The first-order chi connectivity index (χ1) is 20.5. The topological polar surface area (TPSA) is 117 Å². The molecule has 0 saturated heterocycles. The second-order valence-electron chi connectivity index (χ2n) is 9.46. The lowest BCUT2D eigenvalue weighted by Crippen LogP contribution is -2.39. The largest absolute Gasteiger partial charge is 0.484 e. The molecule has 0 aromatic heterocycles. The van der Waals surface area contributed by atoms with Gasteiger partial charge in [0.05, 0.1) is 16.8 Å². The number of aryl methyl sites for hydroxylation is 2. The fourth-order valence-electron chi connectivity index (χ4n) is 3.76. The molecule has 0 heterocycles. The first-order valence-corrected chi connectivity index (χ1v) is 14.8. The number of sulfonamides is 1. The Morgan fingerprint density at radius 2 is 1.60 bits per heavy atom. The van der Waals surface area contributed by atoms with E-state index >= 15 is 0 Å². The van der Waals surface area contributed by atoms with Crippen LogP contribution < -0.4 is 19.8 Å². The maximum atomic E-state index is 13.5. The molecule has 2 amide bonds. The van der Waals surface area contributed by atoms with Crippen molar-refractivity contribution in [3.05, 3.63) is 119 Å². The summed E-state index contributed by atoms with van der Waals surface area (Å²) >= 11 is 6.26. The summed E-state index contributed by atoms with van der Waals surface area (Å²) in [5.41, 5.74) is 5.30. The number of halogens is 2. The van der Waals surface area contributed by atoms with Crippen molar-refractivity contribution in [2.24, 2.45) is 5.10 Å². The van der Waals surface area contributed by atoms with Gasteiger partial charge < -0.3 is 10.1 Å². The van der Waals surface area contributed by atoms with E-state index in [1.54, 1.807) is 55.5 Å². The molecule has 2 N–H and O–H groups in total. The van der Waals surface area contributed by atoms with Gasteiger partial charge in [-0.25, -0.2) is 18.2 Å². The van der Waals surface area contributed by atoms with Crippen LogP contribution in [0.5, 0.6) is 5.75 Å². The third kappa shape index (κ3) is 8.63. The normalized spacial score (nSPS) is 11.3. The highest BCUT2D eigenvalue weighted by Gasteiger charge is 2.27. The molecule has 4 aromatic carbocycles. The molecule has 0 aliphatic rings. The van der Waals surface area contributed by atoms with E-state index in [9.17, 15) is 22.4 Å². The first kappa shape index (κ1) is 31.2. The summed E-state index contributed by atoms with van der Waals surface area (Å²) in [6, 6.07) is 23.0. The summed E-state index contributed by atoms with van der Waals surface area (Å²) in [6.07, 6.45) is 1.38. The molecule has 4 rings (SSSR count). The Kier molecular flexibility index (Phi) is 10.1. The van der Waals surface area contributed by atoms with Crippen molar-refractivity contribution in [2.75, 3.05) is 22.8 Å². The molecule has 0 fully saturated rings. The molecule has 0 spiro atoms. The Morgan fingerprint density at radius 3 is 2.26 bits per heavy atom. The third-order valence-corrected chi connectivity index (χ3v) is 8.32.